The van der Waals surface area contributed by atoms with Gasteiger partial charge in [0.2, 0.25) is 0 Å². The molecule has 7 nitrogen and oxygen atoms in total. The van der Waals surface area contributed by atoms with E-state index >= 15 is 0 Å². The van der Waals surface area contributed by atoms with Crippen LogP contribution in [-0.4, -0.2) is 53.2 Å². The lowest BCUT2D eigenvalue weighted by molar-refractivity contribution is 0.0648. The maximum Gasteiger partial charge on any atom is 0.165 e. The van der Waals surface area contributed by atoms with Crippen molar-refractivity contribution >= 4 is 0 Å². The lowest BCUT2D eigenvalue weighted by atomic mass is 10.4. The van der Waals surface area contributed by atoms with Crippen LogP contribution in [0.5, 0.6) is 0 Å². The minimum atomic E-state index is 0.415. The van der Waals surface area contributed by atoms with Crippen molar-refractivity contribution in [2.75, 3.05) is 26.9 Å². The lowest BCUT2D eigenvalue weighted by Crippen LogP contribution is -2.25. The molecule has 1 aromatic rings. The third-order valence-corrected chi connectivity index (χ3v) is 2.15. The van der Waals surface area contributed by atoms with Gasteiger partial charge in [-0.3, -0.25) is 0 Å². The molecule has 1 aromatic heterocycles. The molecular weight excluding hydrogens is 222 g/mol. The molecule has 98 valence electrons. The molecule has 0 atom stereocenters. The smallest absolute Gasteiger partial charge is 0.165 e. The summed E-state index contributed by atoms with van der Waals surface area (Å²) in [5.74, 6) is 0.828. The van der Waals surface area contributed by atoms with Gasteiger partial charge in [0.25, 0.3) is 0 Å². The zero-order chi connectivity index (χ0) is 12.5. The van der Waals surface area contributed by atoms with Gasteiger partial charge >= 0.3 is 0 Å². The van der Waals surface area contributed by atoms with Crippen LogP contribution in [0.3, 0.4) is 0 Å². The Hall–Kier alpha value is -1.05. The normalized spacial score (nSPS) is 11.3. The molecule has 0 aliphatic rings. The number of aromatic nitrogens is 4. The Morgan fingerprint density at radius 3 is 2.82 bits per heavy atom. The number of tetrazole rings is 1. The summed E-state index contributed by atoms with van der Waals surface area (Å²) in [6.07, 6.45) is 0. The Labute approximate surface area is 101 Å². The molecule has 17 heavy (non-hydrogen) atoms. The first-order chi connectivity index (χ1) is 8.24. The van der Waals surface area contributed by atoms with Gasteiger partial charge in [-0.15, -0.1) is 5.10 Å². The van der Waals surface area contributed by atoms with E-state index in [0.717, 1.165) is 5.82 Å². The predicted octanol–water partition coefficient (Wildman–Crippen LogP) is -0.166. The first kappa shape index (κ1) is 14.0. The van der Waals surface area contributed by atoms with Crippen LogP contribution in [0.2, 0.25) is 0 Å². The van der Waals surface area contributed by atoms with Gasteiger partial charge in [-0.2, -0.15) is 0 Å². The molecular formula is C10H21N5O2. The van der Waals surface area contributed by atoms with Crippen LogP contribution < -0.4 is 5.32 Å². The maximum absolute atomic E-state index is 5.37. The minimum Gasteiger partial charge on any atom is -0.382 e. The highest BCUT2D eigenvalue weighted by atomic mass is 16.5. The Kier molecular flexibility index (Phi) is 6.68. The second kappa shape index (κ2) is 8.10. The molecule has 7 heteroatoms. The highest BCUT2D eigenvalue weighted by Gasteiger charge is 2.05. The largest absolute Gasteiger partial charge is 0.382 e. The van der Waals surface area contributed by atoms with Crippen LogP contribution in [0.1, 0.15) is 19.7 Å². The van der Waals surface area contributed by atoms with Crippen LogP contribution in [0.25, 0.3) is 0 Å². The number of methoxy groups -OCH3 is 1. The summed E-state index contributed by atoms with van der Waals surface area (Å²) in [7, 11) is 1.65. The molecule has 1 rings (SSSR count). The standard InChI is InChI=1S/C10H21N5O2/c1-9(2)11-8-10-12-13-14-15(10)4-5-17-7-6-16-3/h9,11H,4-8H2,1-3H3. The zero-order valence-corrected chi connectivity index (χ0v) is 10.7. The molecule has 0 saturated heterocycles. The Bertz CT molecular complexity index is 303. The van der Waals surface area contributed by atoms with Crippen LogP contribution in [0.15, 0.2) is 0 Å². The summed E-state index contributed by atoms with van der Waals surface area (Å²) in [5.41, 5.74) is 0. The van der Waals surface area contributed by atoms with Gasteiger partial charge in [0.15, 0.2) is 5.82 Å². The third kappa shape index (κ3) is 5.71. The van der Waals surface area contributed by atoms with Crippen molar-refractivity contribution in [2.45, 2.75) is 33.0 Å². The van der Waals surface area contributed by atoms with E-state index in [1.807, 2.05) is 0 Å². The molecule has 1 heterocycles. The molecule has 0 amide bonds. The average Bonchev–Trinajstić information content (AvgIpc) is 2.73. The predicted molar refractivity (Wildman–Crippen MR) is 62.5 cm³/mol. The van der Waals surface area contributed by atoms with Gasteiger partial charge in [0, 0.05) is 13.2 Å². The average molecular weight is 243 g/mol. The summed E-state index contributed by atoms with van der Waals surface area (Å²) < 4.78 is 12.0. The van der Waals surface area contributed by atoms with Crippen LogP contribution in [0.4, 0.5) is 0 Å². The van der Waals surface area contributed by atoms with E-state index in [1.54, 1.807) is 11.8 Å². The number of ether oxygens (including phenoxy) is 2. The molecule has 1 N–H and O–H groups in total. The highest BCUT2D eigenvalue weighted by Crippen LogP contribution is 1.93. The molecule has 0 aliphatic carbocycles. The fourth-order valence-electron chi connectivity index (χ4n) is 1.21. The molecule has 0 fully saturated rings. The van der Waals surface area contributed by atoms with Crippen molar-refractivity contribution < 1.29 is 9.47 Å². The third-order valence-electron chi connectivity index (χ3n) is 2.15. The van der Waals surface area contributed by atoms with Gasteiger partial charge in [0.1, 0.15) is 0 Å². The van der Waals surface area contributed by atoms with Crippen molar-refractivity contribution in [3.63, 3.8) is 0 Å². The molecule has 0 radical (unpaired) electrons. The number of hydrogen-bond acceptors (Lipinski definition) is 6. The Morgan fingerprint density at radius 2 is 2.12 bits per heavy atom. The quantitative estimate of drug-likeness (QED) is 0.607. The van der Waals surface area contributed by atoms with Crippen LogP contribution >= 0.6 is 0 Å². The second-order valence-corrected chi connectivity index (χ2v) is 3.96. The van der Waals surface area contributed by atoms with Crippen molar-refractivity contribution in [1.82, 2.24) is 25.5 Å². The summed E-state index contributed by atoms with van der Waals surface area (Å²) >= 11 is 0. The van der Waals surface area contributed by atoms with E-state index in [0.29, 0.717) is 39.0 Å². The molecule has 0 unspecified atom stereocenters. The van der Waals surface area contributed by atoms with Crippen LogP contribution in [-0.2, 0) is 22.6 Å². The fraction of sp³-hybridized carbons (Fsp3) is 0.900. The lowest BCUT2D eigenvalue weighted by Gasteiger charge is -2.08. The first-order valence-electron chi connectivity index (χ1n) is 5.79. The number of hydrogen-bond donors (Lipinski definition) is 1. The van der Waals surface area contributed by atoms with E-state index in [1.165, 1.54) is 0 Å². The molecule has 0 saturated carbocycles. The van der Waals surface area contributed by atoms with Gasteiger partial charge in [-0.1, -0.05) is 13.8 Å². The van der Waals surface area contributed by atoms with Crippen LogP contribution in [0, 0.1) is 0 Å². The van der Waals surface area contributed by atoms with Crippen molar-refractivity contribution in [3.8, 4) is 0 Å². The topological polar surface area (TPSA) is 74.1 Å². The molecule has 0 aromatic carbocycles. The summed E-state index contributed by atoms with van der Waals surface area (Å²) in [4.78, 5) is 0. The van der Waals surface area contributed by atoms with Crippen molar-refractivity contribution in [3.05, 3.63) is 5.82 Å². The van der Waals surface area contributed by atoms with E-state index in [4.69, 9.17) is 9.47 Å². The number of nitrogens with one attached hydrogen (secondary N) is 1. The maximum atomic E-state index is 5.37. The summed E-state index contributed by atoms with van der Waals surface area (Å²) in [6.45, 7) is 7.29. The number of rotatable bonds is 9. The van der Waals surface area contributed by atoms with Gasteiger partial charge < -0.3 is 14.8 Å². The Morgan fingerprint density at radius 1 is 1.29 bits per heavy atom. The zero-order valence-electron chi connectivity index (χ0n) is 10.7. The minimum absolute atomic E-state index is 0.415. The molecule has 0 aliphatic heterocycles. The van der Waals surface area contributed by atoms with Crippen molar-refractivity contribution in [1.29, 1.82) is 0 Å². The van der Waals surface area contributed by atoms with E-state index in [-0.39, 0.29) is 0 Å². The van der Waals surface area contributed by atoms with E-state index < -0.39 is 0 Å². The molecule has 0 bridgehead atoms. The summed E-state index contributed by atoms with van der Waals surface area (Å²) in [6, 6.07) is 0.415. The Balaban J connectivity index is 2.25. The SMILES string of the molecule is COCCOCCn1nnnc1CNC(C)C. The van der Waals surface area contributed by atoms with E-state index in [9.17, 15) is 0 Å². The van der Waals surface area contributed by atoms with Crippen molar-refractivity contribution in [2.24, 2.45) is 0 Å². The molecule has 0 spiro atoms. The van der Waals surface area contributed by atoms with Gasteiger partial charge in [-0.25, -0.2) is 4.68 Å². The monoisotopic (exact) mass is 243 g/mol. The van der Waals surface area contributed by atoms with Gasteiger partial charge in [0.05, 0.1) is 32.9 Å². The second-order valence-electron chi connectivity index (χ2n) is 3.96. The van der Waals surface area contributed by atoms with Gasteiger partial charge in [-0.05, 0) is 10.4 Å². The summed E-state index contributed by atoms with van der Waals surface area (Å²) in [5, 5.41) is 14.8. The fourth-order valence-corrected chi connectivity index (χ4v) is 1.21. The van der Waals surface area contributed by atoms with E-state index in [2.05, 4.69) is 34.7 Å². The first-order valence-corrected chi connectivity index (χ1v) is 5.79. The number of nitrogens with zero attached hydrogens (tertiary/aromatic N) is 4. The highest BCUT2D eigenvalue weighted by molar-refractivity contribution is 4.80.